The number of aryl methyl sites for hydroxylation is 1. The maximum atomic E-state index is 14.1. The van der Waals surface area contributed by atoms with Gasteiger partial charge in [-0.15, -0.1) is 0 Å². The second kappa shape index (κ2) is 6.67. The van der Waals surface area contributed by atoms with Crippen molar-refractivity contribution in [1.29, 1.82) is 0 Å². The predicted molar refractivity (Wildman–Crippen MR) is 91.5 cm³/mol. The lowest BCUT2D eigenvalue weighted by molar-refractivity contribution is 0.0973. The minimum Gasteiger partial charge on any atom is -0.292 e. The molecule has 0 fully saturated rings. The third kappa shape index (κ3) is 4.52. The van der Waals surface area contributed by atoms with Crippen LogP contribution < -0.4 is 4.90 Å². The highest BCUT2D eigenvalue weighted by atomic mass is 35.5. The van der Waals surface area contributed by atoms with Gasteiger partial charge in [0.05, 0.1) is 5.56 Å². The zero-order chi connectivity index (χ0) is 17.2. The first kappa shape index (κ1) is 17.4. The predicted octanol–water partition coefficient (Wildman–Crippen LogP) is 4.88. The number of aromatic nitrogens is 1. The molecule has 0 radical (unpaired) electrons. The van der Waals surface area contributed by atoms with E-state index in [1.165, 1.54) is 17.0 Å². The Bertz CT molecular complexity index is 725. The molecular formula is C18H20ClFN2O. The number of amides is 1. The zero-order valence-electron chi connectivity index (χ0n) is 13.7. The van der Waals surface area contributed by atoms with Crippen LogP contribution in [-0.4, -0.2) is 17.4 Å². The third-order valence-corrected chi connectivity index (χ3v) is 3.42. The van der Waals surface area contributed by atoms with E-state index in [-0.39, 0.29) is 16.0 Å². The number of rotatable bonds is 3. The van der Waals surface area contributed by atoms with E-state index in [0.29, 0.717) is 12.4 Å². The first-order chi connectivity index (χ1) is 10.7. The van der Waals surface area contributed by atoms with Gasteiger partial charge in [0.15, 0.2) is 0 Å². The van der Waals surface area contributed by atoms with Gasteiger partial charge in [-0.05, 0) is 42.7 Å². The summed E-state index contributed by atoms with van der Waals surface area (Å²) < 4.78 is 14.1. The van der Waals surface area contributed by atoms with E-state index in [2.05, 4.69) is 4.98 Å². The first-order valence-electron chi connectivity index (χ1n) is 7.38. The average molecular weight is 335 g/mol. The van der Waals surface area contributed by atoms with E-state index >= 15 is 0 Å². The summed E-state index contributed by atoms with van der Waals surface area (Å²) in [5.41, 5.74) is 0.622. The summed E-state index contributed by atoms with van der Waals surface area (Å²) in [7, 11) is 0. The van der Waals surface area contributed by atoms with Crippen LogP contribution >= 0.6 is 11.6 Å². The molecule has 3 nitrogen and oxygen atoms in total. The minimum absolute atomic E-state index is 0.0121. The number of carbonyl (C=O) groups is 1. The maximum absolute atomic E-state index is 14.1. The number of carbonyl (C=O) groups excluding carboxylic acids is 1. The van der Waals surface area contributed by atoms with Crippen molar-refractivity contribution in [3.05, 3.63) is 58.5 Å². The number of halogens is 2. The fourth-order valence-electron chi connectivity index (χ4n) is 2.22. The molecule has 0 saturated heterocycles. The van der Waals surface area contributed by atoms with E-state index in [1.54, 1.807) is 6.07 Å². The summed E-state index contributed by atoms with van der Waals surface area (Å²) in [5, 5.41) is 0.259. The van der Waals surface area contributed by atoms with Crippen molar-refractivity contribution in [2.45, 2.75) is 27.7 Å². The third-order valence-electron chi connectivity index (χ3n) is 3.19. The van der Waals surface area contributed by atoms with Crippen molar-refractivity contribution in [2.24, 2.45) is 5.41 Å². The highest BCUT2D eigenvalue weighted by molar-refractivity contribution is 6.30. The van der Waals surface area contributed by atoms with Gasteiger partial charge in [-0.25, -0.2) is 9.37 Å². The minimum atomic E-state index is -0.630. The van der Waals surface area contributed by atoms with Crippen LogP contribution in [0.2, 0.25) is 5.02 Å². The van der Waals surface area contributed by atoms with Gasteiger partial charge in [-0.1, -0.05) is 38.4 Å². The van der Waals surface area contributed by atoms with Gasteiger partial charge in [0.1, 0.15) is 11.6 Å². The van der Waals surface area contributed by atoms with E-state index < -0.39 is 11.7 Å². The van der Waals surface area contributed by atoms with E-state index in [1.807, 2.05) is 39.8 Å². The molecule has 1 heterocycles. The summed E-state index contributed by atoms with van der Waals surface area (Å²) in [6.07, 6.45) is 0. The van der Waals surface area contributed by atoms with Crippen LogP contribution in [0.25, 0.3) is 0 Å². The van der Waals surface area contributed by atoms with Crippen molar-refractivity contribution in [3.63, 3.8) is 0 Å². The van der Waals surface area contributed by atoms with Gasteiger partial charge in [-0.3, -0.25) is 9.69 Å². The fourth-order valence-corrected chi connectivity index (χ4v) is 2.38. The van der Waals surface area contributed by atoms with Crippen LogP contribution in [0.3, 0.4) is 0 Å². The molecule has 0 aliphatic carbocycles. The molecule has 0 spiro atoms. The lowest BCUT2D eigenvalue weighted by atomic mass is 9.95. The van der Waals surface area contributed by atoms with Gasteiger partial charge >= 0.3 is 0 Å². The summed E-state index contributed by atoms with van der Waals surface area (Å²) in [5.74, 6) is -0.541. The molecule has 0 atom stereocenters. The van der Waals surface area contributed by atoms with Crippen molar-refractivity contribution in [1.82, 2.24) is 4.98 Å². The molecule has 0 N–H and O–H groups in total. The number of nitrogens with zero attached hydrogens (tertiary/aromatic N) is 2. The van der Waals surface area contributed by atoms with Crippen LogP contribution in [0.15, 0.2) is 36.4 Å². The average Bonchev–Trinajstić information content (AvgIpc) is 2.43. The molecular weight excluding hydrogens is 315 g/mol. The Hall–Kier alpha value is -1.94. The lowest BCUT2D eigenvalue weighted by Crippen LogP contribution is -2.39. The Morgan fingerprint density at radius 1 is 1.26 bits per heavy atom. The van der Waals surface area contributed by atoms with Crippen LogP contribution in [0.5, 0.6) is 0 Å². The second-order valence-corrected chi connectivity index (χ2v) is 7.15. The van der Waals surface area contributed by atoms with Crippen LogP contribution in [0.1, 0.15) is 36.8 Å². The topological polar surface area (TPSA) is 33.2 Å². The smallest absolute Gasteiger partial charge is 0.262 e. The molecule has 1 amide bonds. The second-order valence-electron chi connectivity index (χ2n) is 6.71. The largest absolute Gasteiger partial charge is 0.292 e. The molecule has 5 heteroatoms. The normalized spacial score (nSPS) is 11.4. The molecule has 2 rings (SSSR count). The van der Waals surface area contributed by atoms with Crippen LogP contribution in [0.4, 0.5) is 10.2 Å². The molecule has 0 saturated carbocycles. The molecule has 0 aliphatic rings. The Balaban J connectivity index is 2.46. The summed E-state index contributed by atoms with van der Waals surface area (Å²) in [6, 6.07) is 9.51. The van der Waals surface area contributed by atoms with Gasteiger partial charge in [0, 0.05) is 17.3 Å². The van der Waals surface area contributed by atoms with Crippen molar-refractivity contribution >= 4 is 23.3 Å². The van der Waals surface area contributed by atoms with Gasteiger partial charge < -0.3 is 0 Å². The SMILES string of the molecule is Cc1cccc(N(CC(C)(C)C)C(=O)c2ccc(Cl)cc2F)n1. The molecule has 2 aromatic rings. The molecule has 0 aliphatic heterocycles. The van der Waals surface area contributed by atoms with E-state index in [0.717, 1.165) is 11.8 Å². The Morgan fingerprint density at radius 3 is 2.52 bits per heavy atom. The fraction of sp³-hybridized carbons (Fsp3) is 0.333. The standard InChI is InChI=1S/C18H20ClFN2O/c1-12-6-5-7-16(21-12)22(11-18(2,3)4)17(23)14-9-8-13(19)10-15(14)20/h5-10H,11H2,1-4H3. The number of hydrogen-bond donors (Lipinski definition) is 0. The number of benzene rings is 1. The maximum Gasteiger partial charge on any atom is 0.262 e. The molecule has 23 heavy (non-hydrogen) atoms. The molecule has 122 valence electrons. The van der Waals surface area contributed by atoms with Gasteiger partial charge in [0.25, 0.3) is 5.91 Å². The van der Waals surface area contributed by atoms with E-state index in [4.69, 9.17) is 11.6 Å². The number of pyridine rings is 1. The summed E-state index contributed by atoms with van der Waals surface area (Å²) in [4.78, 5) is 18.8. The summed E-state index contributed by atoms with van der Waals surface area (Å²) in [6.45, 7) is 8.32. The van der Waals surface area contributed by atoms with Crippen LogP contribution in [-0.2, 0) is 0 Å². The van der Waals surface area contributed by atoms with Crippen molar-refractivity contribution < 1.29 is 9.18 Å². The van der Waals surface area contributed by atoms with Crippen LogP contribution in [0, 0.1) is 18.2 Å². The lowest BCUT2D eigenvalue weighted by Gasteiger charge is -2.29. The monoisotopic (exact) mass is 334 g/mol. The van der Waals surface area contributed by atoms with E-state index in [9.17, 15) is 9.18 Å². The summed E-state index contributed by atoms with van der Waals surface area (Å²) >= 11 is 5.77. The Labute approximate surface area is 141 Å². The molecule has 0 bridgehead atoms. The van der Waals surface area contributed by atoms with Crippen molar-refractivity contribution in [2.75, 3.05) is 11.4 Å². The van der Waals surface area contributed by atoms with Gasteiger partial charge in [-0.2, -0.15) is 0 Å². The number of anilines is 1. The highest BCUT2D eigenvalue weighted by Crippen LogP contribution is 2.24. The van der Waals surface area contributed by atoms with Crippen molar-refractivity contribution in [3.8, 4) is 0 Å². The zero-order valence-corrected chi connectivity index (χ0v) is 14.5. The molecule has 1 aromatic heterocycles. The molecule has 0 unspecified atom stereocenters. The quantitative estimate of drug-likeness (QED) is 0.801. The Kier molecular flexibility index (Phi) is 5.05. The highest BCUT2D eigenvalue weighted by Gasteiger charge is 2.26. The first-order valence-corrected chi connectivity index (χ1v) is 7.76. The number of hydrogen-bond acceptors (Lipinski definition) is 2. The molecule has 1 aromatic carbocycles. The Morgan fingerprint density at radius 2 is 1.96 bits per heavy atom. The van der Waals surface area contributed by atoms with Gasteiger partial charge in [0.2, 0.25) is 0 Å².